The lowest BCUT2D eigenvalue weighted by atomic mass is 10.4. The van der Waals surface area contributed by atoms with Crippen LogP contribution in [-0.2, 0) is 0 Å². The summed E-state index contributed by atoms with van der Waals surface area (Å²) in [6.07, 6.45) is 2.99. The molecule has 92 valence electrons. The summed E-state index contributed by atoms with van der Waals surface area (Å²) in [7, 11) is 0. The molecule has 7 heteroatoms. The molecule has 2 amide bonds. The lowest BCUT2D eigenvalue weighted by Gasteiger charge is -2.06. The van der Waals surface area contributed by atoms with Crippen molar-refractivity contribution in [2.45, 2.75) is 0 Å². The molecule has 2 heterocycles. The van der Waals surface area contributed by atoms with Gasteiger partial charge < -0.3 is 0 Å². The fourth-order valence-corrected chi connectivity index (χ4v) is 1.53. The molecule has 0 aliphatic carbocycles. The highest BCUT2D eigenvalue weighted by atomic mass is 35.5. The molecule has 0 aromatic carbocycles. The third-order valence-corrected chi connectivity index (χ3v) is 2.40. The predicted octanol–water partition coefficient (Wildman–Crippen LogP) is 3.43. The normalized spacial score (nSPS) is 9.89. The first-order valence-electron chi connectivity index (χ1n) is 4.94. The van der Waals surface area contributed by atoms with E-state index in [2.05, 4.69) is 20.6 Å². The average Bonchev–Trinajstić information content (AvgIpc) is 2.28. The van der Waals surface area contributed by atoms with Gasteiger partial charge in [-0.15, -0.1) is 0 Å². The Labute approximate surface area is 113 Å². The zero-order valence-electron chi connectivity index (χ0n) is 9.02. The van der Waals surface area contributed by atoms with E-state index in [0.29, 0.717) is 21.7 Å². The number of carbonyl (C=O) groups is 1. The third-order valence-electron chi connectivity index (χ3n) is 1.93. The number of hydrogen-bond acceptors (Lipinski definition) is 3. The first kappa shape index (κ1) is 12.6. The SMILES string of the molecule is O=C(Nc1cc(Cl)ccn1)Nc1cc(Cl)ccn1. The Kier molecular flexibility index (Phi) is 3.96. The third kappa shape index (κ3) is 3.58. The summed E-state index contributed by atoms with van der Waals surface area (Å²) >= 11 is 11.5. The summed E-state index contributed by atoms with van der Waals surface area (Å²) in [6, 6.07) is 5.82. The van der Waals surface area contributed by atoms with Gasteiger partial charge in [-0.05, 0) is 24.3 Å². The highest BCUT2D eigenvalue weighted by molar-refractivity contribution is 6.31. The zero-order valence-corrected chi connectivity index (χ0v) is 10.5. The van der Waals surface area contributed by atoms with E-state index in [0.717, 1.165) is 0 Å². The molecule has 2 aromatic rings. The molecule has 0 aliphatic heterocycles. The Bertz CT molecular complexity index is 527. The molecule has 2 aromatic heterocycles. The molecule has 0 bridgehead atoms. The predicted molar refractivity (Wildman–Crippen MR) is 71.1 cm³/mol. The van der Waals surface area contributed by atoms with E-state index in [4.69, 9.17) is 23.2 Å². The maximum absolute atomic E-state index is 11.6. The molecule has 0 saturated heterocycles. The molecular weight excluding hydrogens is 275 g/mol. The number of urea groups is 1. The van der Waals surface area contributed by atoms with Crippen LogP contribution in [0.3, 0.4) is 0 Å². The van der Waals surface area contributed by atoms with E-state index in [1.165, 1.54) is 24.5 Å². The topological polar surface area (TPSA) is 66.9 Å². The zero-order chi connectivity index (χ0) is 13.0. The summed E-state index contributed by atoms with van der Waals surface area (Å²) < 4.78 is 0. The van der Waals surface area contributed by atoms with Crippen molar-refractivity contribution < 1.29 is 4.79 Å². The number of carbonyl (C=O) groups excluding carboxylic acids is 1. The highest BCUT2D eigenvalue weighted by Gasteiger charge is 2.04. The molecule has 2 N–H and O–H groups in total. The Morgan fingerprint density at radius 2 is 1.39 bits per heavy atom. The lowest BCUT2D eigenvalue weighted by Crippen LogP contribution is -2.20. The van der Waals surface area contributed by atoms with Crippen molar-refractivity contribution in [3.63, 3.8) is 0 Å². The maximum atomic E-state index is 11.6. The second-order valence-electron chi connectivity index (χ2n) is 3.30. The van der Waals surface area contributed by atoms with Crippen LogP contribution in [0.5, 0.6) is 0 Å². The molecule has 5 nitrogen and oxygen atoms in total. The molecule has 18 heavy (non-hydrogen) atoms. The van der Waals surface area contributed by atoms with Gasteiger partial charge in [-0.3, -0.25) is 10.6 Å². The minimum absolute atomic E-state index is 0.349. The number of nitrogens with zero attached hydrogens (tertiary/aromatic N) is 2. The number of halogens is 2. The Hall–Kier alpha value is -1.85. The molecular formula is C11H8Cl2N4O. The van der Waals surface area contributed by atoms with Crippen LogP contribution < -0.4 is 10.6 Å². The fourth-order valence-electron chi connectivity index (χ4n) is 1.21. The van der Waals surface area contributed by atoms with E-state index in [9.17, 15) is 4.79 Å². The van der Waals surface area contributed by atoms with Crippen molar-refractivity contribution in [1.82, 2.24) is 9.97 Å². The molecule has 0 aliphatic rings. The van der Waals surface area contributed by atoms with Gasteiger partial charge in [0.2, 0.25) is 0 Å². The van der Waals surface area contributed by atoms with Crippen molar-refractivity contribution in [2.24, 2.45) is 0 Å². The van der Waals surface area contributed by atoms with Gasteiger partial charge in [0.25, 0.3) is 0 Å². The number of rotatable bonds is 2. The van der Waals surface area contributed by atoms with Gasteiger partial charge in [0, 0.05) is 22.4 Å². The first-order valence-corrected chi connectivity index (χ1v) is 5.70. The van der Waals surface area contributed by atoms with Crippen LogP contribution in [0.1, 0.15) is 0 Å². The summed E-state index contributed by atoms with van der Waals surface area (Å²) in [4.78, 5) is 19.5. The Balaban J connectivity index is 2.01. The van der Waals surface area contributed by atoms with E-state index in [1.54, 1.807) is 12.1 Å². The molecule has 0 saturated carbocycles. The van der Waals surface area contributed by atoms with Crippen molar-refractivity contribution in [3.8, 4) is 0 Å². The van der Waals surface area contributed by atoms with E-state index in [1.807, 2.05) is 0 Å². The van der Waals surface area contributed by atoms with Gasteiger partial charge >= 0.3 is 6.03 Å². The van der Waals surface area contributed by atoms with Crippen LogP contribution in [0.15, 0.2) is 36.7 Å². The quantitative estimate of drug-likeness (QED) is 0.887. The minimum atomic E-state index is -0.473. The van der Waals surface area contributed by atoms with Gasteiger partial charge in [-0.1, -0.05) is 23.2 Å². The number of amides is 2. The highest BCUT2D eigenvalue weighted by Crippen LogP contribution is 2.14. The monoisotopic (exact) mass is 282 g/mol. The molecule has 0 fully saturated rings. The van der Waals surface area contributed by atoms with Crippen molar-refractivity contribution in [1.29, 1.82) is 0 Å². The standard InChI is InChI=1S/C11H8Cl2N4O/c12-7-1-3-14-9(5-7)16-11(18)17-10-6-8(13)2-4-15-10/h1-6H,(H2,14,15,16,17,18). The van der Waals surface area contributed by atoms with Crippen LogP contribution in [-0.4, -0.2) is 16.0 Å². The molecule has 0 spiro atoms. The van der Waals surface area contributed by atoms with Crippen LogP contribution >= 0.6 is 23.2 Å². The van der Waals surface area contributed by atoms with Gasteiger partial charge in [0.15, 0.2) is 0 Å². The number of anilines is 2. The van der Waals surface area contributed by atoms with Crippen LogP contribution in [0, 0.1) is 0 Å². The van der Waals surface area contributed by atoms with E-state index in [-0.39, 0.29) is 0 Å². The minimum Gasteiger partial charge on any atom is -0.292 e. The summed E-state index contributed by atoms with van der Waals surface area (Å²) in [6.45, 7) is 0. The van der Waals surface area contributed by atoms with E-state index >= 15 is 0 Å². The fraction of sp³-hybridized carbons (Fsp3) is 0. The summed E-state index contributed by atoms with van der Waals surface area (Å²) in [5.41, 5.74) is 0. The largest absolute Gasteiger partial charge is 0.326 e. The molecule has 0 atom stereocenters. The number of pyridine rings is 2. The second-order valence-corrected chi connectivity index (χ2v) is 4.17. The average molecular weight is 283 g/mol. The van der Waals surface area contributed by atoms with Crippen LogP contribution in [0.4, 0.5) is 16.4 Å². The smallest absolute Gasteiger partial charge is 0.292 e. The lowest BCUT2D eigenvalue weighted by molar-refractivity contribution is 0.262. The van der Waals surface area contributed by atoms with Crippen molar-refractivity contribution in [3.05, 3.63) is 46.7 Å². The van der Waals surface area contributed by atoms with Gasteiger partial charge in [0.05, 0.1) is 0 Å². The number of nitrogens with one attached hydrogen (secondary N) is 2. The molecule has 0 unspecified atom stereocenters. The van der Waals surface area contributed by atoms with Gasteiger partial charge in [-0.25, -0.2) is 14.8 Å². The van der Waals surface area contributed by atoms with Gasteiger partial charge in [0.1, 0.15) is 11.6 Å². The van der Waals surface area contributed by atoms with Crippen LogP contribution in [0.2, 0.25) is 10.0 Å². The number of aromatic nitrogens is 2. The molecule has 2 rings (SSSR count). The summed E-state index contributed by atoms with van der Waals surface area (Å²) in [5, 5.41) is 6.02. The van der Waals surface area contributed by atoms with Crippen molar-refractivity contribution in [2.75, 3.05) is 10.6 Å². The first-order chi connectivity index (χ1) is 8.63. The number of hydrogen-bond donors (Lipinski definition) is 2. The van der Waals surface area contributed by atoms with E-state index < -0.39 is 6.03 Å². The summed E-state index contributed by atoms with van der Waals surface area (Å²) in [5.74, 6) is 0.698. The molecule has 0 radical (unpaired) electrons. The van der Waals surface area contributed by atoms with Crippen molar-refractivity contribution >= 4 is 40.9 Å². The Morgan fingerprint density at radius 3 is 1.78 bits per heavy atom. The second kappa shape index (κ2) is 5.66. The van der Waals surface area contributed by atoms with Gasteiger partial charge in [-0.2, -0.15) is 0 Å². The maximum Gasteiger partial charge on any atom is 0.326 e. The van der Waals surface area contributed by atoms with Crippen LogP contribution in [0.25, 0.3) is 0 Å². The Morgan fingerprint density at radius 1 is 0.944 bits per heavy atom.